The lowest BCUT2D eigenvalue weighted by atomic mass is 10.1. The molecule has 26 heavy (non-hydrogen) atoms. The zero-order valence-corrected chi connectivity index (χ0v) is 14.4. The van der Waals surface area contributed by atoms with Gasteiger partial charge in [-0.05, 0) is 18.2 Å². The van der Waals surface area contributed by atoms with Crippen molar-refractivity contribution in [3.8, 4) is 5.75 Å². The monoisotopic (exact) mass is 355 g/mol. The zero-order chi connectivity index (χ0) is 18.7. The summed E-state index contributed by atoms with van der Waals surface area (Å²) in [5, 5.41) is 16.9. The minimum Gasteiger partial charge on any atom is -0.505 e. The molecule has 0 unspecified atom stereocenters. The summed E-state index contributed by atoms with van der Waals surface area (Å²) in [6.45, 7) is 0.172. The predicted octanol–water partition coefficient (Wildman–Crippen LogP) is 1.99. The average molecular weight is 355 g/mol. The Bertz CT molecular complexity index is 980. The number of amides is 2. The van der Waals surface area contributed by atoms with Gasteiger partial charge in [0.2, 0.25) is 6.33 Å². The van der Waals surface area contributed by atoms with Crippen molar-refractivity contribution in [3.63, 3.8) is 0 Å². The summed E-state index contributed by atoms with van der Waals surface area (Å²) in [6, 6.07) is 8.44. The first kappa shape index (κ1) is 17.3. The SMILES string of the molecule is COC(=O)Nc1ccc2c(NC(=O)Cn3cc[n+](C)c3)cccc2c1O. The van der Waals surface area contributed by atoms with E-state index >= 15 is 0 Å². The van der Waals surface area contributed by atoms with E-state index in [9.17, 15) is 14.7 Å². The van der Waals surface area contributed by atoms with Crippen molar-refractivity contribution < 1.29 is 24.0 Å². The lowest BCUT2D eigenvalue weighted by Gasteiger charge is -2.12. The molecule has 3 rings (SSSR count). The maximum atomic E-state index is 12.3. The molecule has 0 aliphatic carbocycles. The van der Waals surface area contributed by atoms with Crippen LogP contribution in [-0.4, -0.2) is 28.8 Å². The summed E-state index contributed by atoms with van der Waals surface area (Å²) in [5.74, 6) is -0.286. The van der Waals surface area contributed by atoms with Gasteiger partial charge in [0.05, 0.1) is 19.8 Å². The Morgan fingerprint density at radius 2 is 1.96 bits per heavy atom. The third-order valence-electron chi connectivity index (χ3n) is 3.88. The van der Waals surface area contributed by atoms with E-state index in [0.717, 1.165) is 0 Å². The van der Waals surface area contributed by atoms with Crippen molar-refractivity contribution in [3.05, 3.63) is 49.1 Å². The molecular weight excluding hydrogens is 336 g/mol. The van der Waals surface area contributed by atoms with Crippen LogP contribution >= 0.6 is 0 Å². The number of hydrogen-bond donors (Lipinski definition) is 3. The molecule has 8 nitrogen and oxygen atoms in total. The topological polar surface area (TPSA) is 96.5 Å². The molecule has 0 saturated carbocycles. The summed E-state index contributed by atoms with van der Waals surface area (Å²) in [5.41, 5.74) is 0.802. The van der Waals surface area contributed by atoms with Gasteiger partial charge in [-0.2, -0.15) is 0 Å². The normalized spacial score (nSPS) is 10.5. The van der Waals surface area contributed by atoms with E-state index in [2.05, 4.69) is 15.4 Å². The first-order valence-electron chi connectivity index (χ1n) is 7.88. The number of nitrogens with one attached hydrogen (secondary N) is 2. The molecule has 0 aliphatic rings. The Balaban J connectivity index is 1.86. The summed E-state index contributed by atoms with van der Waals surface area (Å²) in [4.78, 5) is 23.6. The van der Waals surface area contributed by atoms with Crippen molar-refractivity contribution in [1.29, 1.82) is 0 Å². The maximum absolute atomic E-state index is 12.3. The first-order chi connectivity index (χ1) is 12.5. The number of methoxy groups -OCH3 is 1. The molecule has 0 spiro atoms. The van der Waals surface area contributed by atoms with Crippen molar-refractivity contribution in [2.24, 2.45) is 7.05 Å². The Hall–Kier alpha value is -3.55. The number of fused-ring (bicyclic) bond motifs is 1. The van der Waals surface area contributed by atoms with Gasteiger partial charge < -0.3 is 15.2 Å². The van der Waals surface area contributed by atoms with E-state index in [4.69, 9.17) is 0 Å². The fourth-order valence-corrected chi connectivity index (χ4v) is 2.66. The molecule has 1 aromatic heterocycles. The average Bonchev–Trinajstić information content (AvgIpc) is 3.02. The van der Waals surface area contributed by atoms with Crippen LogP contribution in [0.15, 0.2) is 49.1 Å². The number of aromatic nitrogens is 2. The molecule has 0 bridgehead atoms. The largest absolute Gasteiger partial charge is 0.505 e. The highest BCUT2D eigenvalue weighted by atomic mass is 16.5. The maximum Gasteiger partial charge on any atom is 0.411 e. The van der Waals surface area contributed by atoms with Crippen molar-refractivity contribution in [1.82, 2.24) is 4.57 Å². The van der Waals surface area contributed by atoms with Gasteiger partial charge in [-0.1, -0.05) is 12.1 Å². The Morgan fingerprint density at radius 3 is 2.65 bits per heavy atom. The second-order valence-corrected chi connectivity index (χ2v) is 5.78. The number of phenolic OH excluding ortho intramolecular Hbond substituents is 1. The van der Waals surface area contributed by atoms with Gasteiger partial charge >= 0.3 is 6.09 Å². The smallest absolute Gasteiger partial charge is 0.411 e. The van der Waals surface area contributed by atoms with Crippen molar-refractivity contribution >= 4 is 34.1 Å². The van der Waals surface area contributed by atoms with Crippen LogP contribution in [0.3, 0.4) is 0 Å². The molecule has 3 aromatic rings. The third-order valence-corrected chi connectivity index (χ3v) is 3.88. The minimum absolute atomic E-state index is 0.0959. The molecule has 2 aromatic carbocycles. The molecule has 0 aliphatic heterocycles. The van der Waals surface area contributed by atoms with E-state index in [1.165, 1.54) is 7.11 Å². The number of nitrogens with zero attached hydrogens (tertiary/aromatic N) is 2. The Kier molecular flexibility index (Phi) is 4.74. The number of rotatable bonds is 4. The van der Waals surface area contributed by atoms with Crippen LogP contribution in [0.5, 0.6) is 5.75 Å². The molecule has 1 heterocycles. The number of carbonyl (C=O) groups excluding carboxylic acids is 2. The van der Waals surface area contributed by atoms with Crippen molar-refractivity contribution in [2.75, 3.05) is 17.7 Å². The molecule has 3 N–H and O–H groups in total. The van der Waals surface area contributed by atoms with Crippen LogP contribution in [-0.2, 0) is 23.1 Å². The van der Waals surface area contributed by atoms with E-state index in [0.29, 0.717) is 16.5 Å². The van der Waals surface area contributed by atoms with Gasteiger partial charge in [0.25, 0.3) is 5.91 Å². The number of phenols is 1. The number of imidazole rings is 1. The van der Waals surface area contributed by atoms with E-state index < -0.39 is 6.09 Å². The van der Waals surface area contributed by atoms with Crippen LogP contribution in [0, 0.1) is 0 Å². The highest BCUT2D eigenvalue weighted by Crippen LogP contribution is 2.36. The fraction of sp³-hybridized carbons (Fsp3) is 0.167. The molecule has 0 radical (unpaired) electrons. The lowest BCUT2D eigenvalue weighted by molar-refractivity contribution is -0.671. The first-order valence-corrected chi connectivity index (χ1v) is 7.88. The van der Waals surface area contributed by atoms with Crippen molar-refractivity contribution in [2.45, 2.75) is 6.54 Å². The Labute approximate surface area is 149 Å². The van der Waals surface area contributed by atoms with Crippen LogP contribution in [0.4, 0.5) is 16.2 Å². The predicted molar refractivity (Wildman–Crippen MR) is 95.9 cm³/mol. The van der Waals surface area contributed by atoms with Crippen LogP contribution < -0.4 is 15.2 Å². The van der Waals surface area contributed by atoms with Crippen LogP contribution in [0.25, 0.3) is 10.8 Å². The van der Waals surface area contributed by atoms with Gasteiger partial charge in [-0.25, -0.2) is 13.9 Å². The van der Waals surface area contributed by atoms with Gasteiger partial charge in [-0.15, -0.1) is 0 Å². The molecule has 134 valence electrons. The van der Waals surface area contributed by atoms with Crippen LogP contribution in [0.2, 0.25) is 0 Å². The molecule has 0 atom stereocenters. The number of aromatic hydroxyl groups is 1. The van der Waals surface area contributed by atoms with E-state index in [1.54, 1.807) is 47.4 Å². The molecule has 0 fully saturated rings. The molecular formula is C18H19N4O4+. The quantitative estimate of drug-likeness (QED) is 0.492. The zero-order valence-electron chi connectivity index (χ0n) is 14.4. The summed E-state index contributed by atoms with van der Waals surface area (Å²) in [6.07, 6.45) is 4.78. The second-order valence-electron chi connectivity index (χ2n) is 5.78. The van der Waals surface area contributed by atoms with E-state index in [1.807, 2.05) is 17.8 Å². The lowest BCUT2D eigenvalue weighted by Crippen LogP contribution is -2.25. The summed E-state index contributed by atoms with van der Waals surface area (Å²) in [7, 11) is 3.12. The molecule has 2 amide bonds. The number of aryl methyl sites for hydroxylation is 1. The number of benzene rings is 2. The Morgan fingerprint density at radius 1 is 1.15 bits per heavy atom. The second kappa shape index (κ2) is 7.14. The van der Waals surface area contributed by atoms with Gasteiger partial charge in [0.15, 0.2) is 6.54 Å². The number of hydrogen-bond acceptors (Lipinski definition) is 4. The number of carbonyl (C=O) groups is 2. The molecule has 8 heteroatoms. The molecule has 0 saturated heterocycles. The third kappa shape index (κ3) is 3.59. The summed E-state index contributed by atoms with van der Waals surface area (Å²) >= 11 is 0. The fourth-order valence-electron chi connectivity index (χ4n) is 2.66. The minimum atomic E-state index is -0.677. The highest BCUT2D eigenvalue weighted by molar-refractivity contribution is 6.06. The summed E-state index contributed by atoms with van der Waals surface area (Å²) < 4.78 is 8.14. The number of anilines is 2. The highest BCUT2D eigenvalue weighted by Gasteiger charge is 2.14. The van der Waals surface area contributed by atoms with Crippen LogP contribution in [0.1, 0.15) is 0 Å². The van der Waals surface area contributed by atoms with E-state index in [-0.39, 0.29) is 23.9 Å². The van der Waals surface area contributed by atoms with Gasteiger partial charge in [-0.3, -0.25) is 10.1 Å². The standard InChI is InChI=1S/C18H18N4O4/c1-21-8-9-22(11-21)10-16(23)19-14-5-3-4-13-12(14)6-7-15(17(13)24)20-18(25)26-2/h3-9,11H,10H2,1-2H3,(H2-,19,20,23,24,25)/p+1. The van der Waals surface area contributed by atoms with Gasteiger partial charge in [0.1, 0.15) is 18.1 Å². The van der Waals surface area contributed by atoms with Gasteiger partial charge in [0, 0.05) is 16.5 Å². The number of ether oxygens (including phenoxy) is 1.